The van der Waals surface area contributed by atoms with E-state index in [4.69, 9.17) is 4.74 Å². The molecule has 6 nitrogen and oxygen atoms in total. The predicted molar refractivity (Wildman–Crippen MR) is 87.0 cm³/mol. The van der Waals surface area contributed by atoms with E-state index in [2.05, 4.69) is 20.2 Å². The average molecular weight is 318 g/mol. The Labute approximate surface area is 137 Å². The van der Waals surface area contributed by atoms with Gasteiger partial charge in [-0.2, -0.15) is 0 Å². The Bertz CT molecular complexity index is 531. The van der Waals surface area contributed by atoms with Crippen LogP contribution in [0.3, 0.4) is 0 Å². The van der Waals surface area contributed by atoms with Crippen LogP contribution < -0.4 is 5.32 Å². The second-order valence-electron chi connectivity index (χ2n) is 6.41. The fourth-order valence-electron chi connectivity index (χ4n) is 3.47. The summed E-state index contributed by atoms with van der Waals surface area (Å²) in [4.78, 5) is 23.6. The molecule has 0 aromatic carbocycles. The van der Waals surface area contributed by atoms with Gasteiger partial charge in [0.2, 0.25) is 5.91 Å². The smallest absolute Gasteiger partial charge is 0.226 e. The topological polar surface area (TPSA) is 67.4 Å². The van der Waals surface area contributed by atoms with Crippen LogP contribution in [0.1, 0.15) is 30.7 Å². The number of ether oxygens (including phenoxy) is 1. The molecule has 3 rings (SSSR count). The summed E-state index contributed by atoms with van der Waals surface area (Å²) < 4.78 is 5.63. The van der Waals surface area contributed by atoms with Crippen molar-refractivity contribution < 1.29 is 9.53 Å². The molecular weight excluding hydrogens is 292 g/mol. The minimum Gasteiger partial charge on any atom is -0.377 e. The zero-order valence-electron chi connectivity index (χ0n) is 13.8. The van der Waals surface area contributed by atoms with Gasteiger partial charge in [-0.15, -0.1) is 0 Å². The van der Waals surface area contributed by atoms with Crippen molar-refractivity contribution in [1.82, 2.24) is 20.2 Å². The maximum Gasteiger partial charge on any atom is 0.226 e. The van der Waals surface area contributed by atoms with Gasteiger partial charge in [0, 0.05) is 24.9 Å². The standard InChI is InChI=1S/C17H26N4O2/c1-13-16(20-9-8-19-13)3-2-15-12-23-11-10-21(15)17(22)14-4-6-18-7-5-14/h8-9,14-15,18H,2-7,10-12H2,1H3/t15-/m1/s1. The minimum atomic E-state index is 0.160. The lowest BCUT2D eigenvalue weighted by molar-refractivity contribution is -0.145. The van der Waals surface area contributed by atoms with Crippen LogP contribution in [-0.2, 0) is 16.0 Å². The number of amides is 1. The SMILES string of the molecule is Cc1nccnc1CC[C@@H]1COCCN1C(=O)C1CCNCC1. The molecule has 1 amide bonds. The number of piperidine rings is 1. The molecule has 2 aliphatic rings. The fourth-order valence-corrected chi connectivity index (χ4v) is 3.47. The first-order chi connectivity index (χ1) is 11.3. The van der Waals surface area contributed by atoms with E-state index >= 15 is 0 Å². The molecule has 6 heteroatoms. The van der Waals surface area contributed by atoms with Crippen LogP contribution in [0.5, 0.6) is 0 Å². The monoisotopic (exact) mass is 318 g/mol. The molecule has 1 atom stereocenters. The van der Waals surface area contributed by atoms with Crippen molar-refractivity contribution >= 4 is 5.91 Å². The maximum atomic E-state index is 12.9. The highest BCUT2D eigenvalue weighted by molar-refractivity contribution is 5.79. The number of nitrogens with zero attached hydrogens (tertiary/aromatic N) is 3. The molecule has 0 radical (unpaired) electrons. The van der Waals surface area contributed by atoms with Crippen molar-refractivity contribution in [3.63, 3.8) is 0 Å². The van der Waals surface area contributed by atoms with Gasteiger partial charge in [0.15, 0.2) is 0 Å². The quantitative estimate of drug-likeness (QED) is 0.895. The second kappa shape index (κ2) is 7.84. The van der Waals surface area contributed by atoms with Gasteiger partial charge in [-0.05, 0) is 45.7 Å². The molecule has 3 heterocycles. The van der Waals surface area contributed by atoms with Crippen molar-refractivity contribution in [2.45, 2.75) is 38.6 Å². The molecule has 1 N–H and O–H groups in total. The van der Waals surface area contributed by atoms with Crippen LogP contribution in [-0.4, -0.2) is 59.7 Å². The molecular formula is C17H26N4O2. The zero-order chi connectivity index (χ0) is 16.1. The molecule has 0 bridgehead atoms. The number of nitrogens with one attached hydrogen (secondary N) is 1. The van der Waals surface area contributed by atoms with Crippen LogP contribution in [0.25, 0.3) is 0 Å². The molecule has 1 aromatic heterocycles. The van der Waals surface area contributed by atoms with Gasteiger partial charge < -0.3 is 15.0 Å². The van der Waals surface area contributed by atoms with Gasteiger partial charge in [-0.25, -0.2) is 0 Å². The van der Waals surface area contributed by atoms with Crippen LogP contribution in [0.15, 0.2) is 12.4 Å². The highest BCUT2D eigenvalue weighted by atomic mass is 16.5. The second-order valence-corrected chi connectivity index (χ2v) is 6.41. The summed E-state index contributed by atoms with van der Waals surface area (Å²) in [5.41, 5.74) is 1.99. The molecule has 0 unspecified atom stereocenters. The molecule has 2 aliphatic heterocycles. The largest absolute Gasteiger partial charge is 0.377 e. The van der Waals surface area contributed by atoms with Crippen molar-refractivity contribution in [3.05, 3.63) is 23.8 Å². The van der Waals surface area contributed by atoms with E-state index in [-0.39, 0.29) is 12.0 Å². The molecule has 0 aliphatic carbocycles. The first-order valence-electron chi connectivity index (χ1n) is 8.61. The Kier molecular flexibility index (Phi) is 5.56. The van der Waals surface area contributed by atoms with E-state index in [9.17, 15) is 4.79 Å². The number of carbonyl (C=O) groups excluding carboxylic acids is 1. The summed E-state index contributed by atoms with van der Waals surface area (Å²) in [5, 5.41) is 3.33. The van der Waals surface area contributed by atoms with Gasteiger partial charge >= 0.3 is 0 Å². The van der Waals surface area contributed by atoms with Crippen molar-refractivity contribution in [2.75, 3.05) is 32.8 Å². The first-order valence-corrected chi connectivity index (χ1v) is 8.61. The summed E-state index contributed by atoms with van der Waals surface area (Å²) >= 11 is 0. The van der Waals surface area contributed by atoms with Gasteiger partial charge in [0.1, 0.15) is 0 Å². The average Bonchev–Trinajstić information content (AvgIpc) is 2.61. The number of morpholine rings is 1. The molecule has 0 spiro atoms. The first kappa shape index (κ1) is 16.3. The highest BCUT2D eigenvalue weighted by Crippen LogP contribution is 2.21. The number of aryl methyl sites for hydroxylation is 2. The highest BCUT2D eigenvalue weighted by Gasteiger charge is 2.32. The molecule has 126 valence electrons. The van der Waals surface area contributed by atoms with Crippen molar-refractivity contribution in [2.24, 2.45) is 5.92 Å². The minimum absolute atomic E-state index is 0.160. The van der Waals surface area contributed by atoms with E-state index in [1.165, 1.54) is 0 Å². The van der Waals surface area contributed by atoms with Gasteiger partial charge in [0.05, 0.1) is 30.6 Å². The van der Waals surface area contributed by atoms with E-state index < -0.39 is 0 Å². The Morgan fingerprint density at radius 3 is 2.91 bits per heavy atom. The van der Waals surface area contributed by atoms with Gasteiger partial charge in [-0.3, -0.25) is 14.8 Å². The Morgan fingerprint density at radius 2 is 2.13 bits per heavy atom. The van der Waals surface area contributed by atoms with E-state index in [1.807, 2.05) is 6.92 Å². The van der Waals surface area contributed by atoms with Gasteiger partial charge in [-0.1, -0.05) is 0 Å². The van der Waals surface area contributed by atoms with Crippen LogP contribution in [0, 0.1) is 12.8 Å². The molecule has 0 saturated carbocycles. The normalized spacial score (nSPS) is 23.0. The fraction of sp³-hybridized carbons (Fsp3) is 0.706. The maximum absolute atomic E-state index is 12.9. The van der Waals surface area contributed by atoms with Gasteiger partial charge in [0.25, 0.3) is 0 Å². The van der Waals surface area contributed by atoms with Crippen molar-refractivity contribution in [1.29, 1.82) is 0 Å². The summed E-state index contributed by atoms with van der Waals surface area (Å²) in [7, 11) is 0. The lowest BCUT2D eigenvalue weighted by atomic mass is 9.95. The third kappa shape index (κ3) is 4.06. The molecule has 1 aromatic rings. The van der Waals surface area contributed by atoms with Crippen LogP contribution in [0.2, 0.25) is 0 Å². The summed E-state index contributed by atoms with van der Waals surface area (Å²) in [6, 6.07) is 0.160. The molecule has 2 saturated heterocycles. The number of rotatable bonds is 4. The Morgan fingerprint density at radius 1 is 1.35 bits per heavy atom. The Balaban J connectivity index is 1.61. The number of hydrogen-bond acceptors (Lipinski definition) is 5. The van der Waals surface area contributed by atoms with Crippen molar-refractivity contribution in [3.8, 4) is 0 Å². The number of aromatic nitrogens is 2. The lowest BCUT2D eigenvalue weighted by Gasteiger charge is -2.38. The molecule has 23 heavy (non-hydrogen) atoms. The number of carbonyl (C=O) groups is 1. The van der Waals surface area contributed by atoms with Crippen LogP contribution in [0.4, 0.5) is 0 Å². The van der Waals surface area contributed by atoms with Crippen LogP contribution >= 0.6 is 0 Å². The Hall–Kier alpha value is -1.53. The summed E-state index contributed by atoms with van der Waals surface area (Å²) in [5.74, 6) is 0.491. The predicted octanol–water partition coefficient (Wildman–Crippen LogP) is 0.945. The number of hydrogen-bond donors (Lipinski definition) is 1. The van der Waals surface area contributed by atoms with E-state index in [1.54, 1.807) is 12.4 Å². The molecule has 2 fully saturated rings. The third-order valence-corrected chi connectivity index (χ3v) is 4.90. The van der Waals surface area contributed by atoms with E-state index in [0.717, 1.165) is 50.2 Å². The van der Waals surface area contributed by atoms with E-state index in [0.29, 0.717) is 25.7 Å². The zero-order valence-corrected chi connectivity index (χ0v) is 13.8. The third-order valence-electron chi connectivity index (χ3n) is 4.90. The lowest BCUT2D eigenvalue weighted by Crippen LogP contribution is -2.52. The summed E-state index contributed by atoms with van der Waals surface area (Å²) in [6.07, 6.45) is 7.07. The summed E-state index contributed by atoms with van der Waals surface area (Å²) in [6.45, 7) is 5.88.